The van der Waals surface area contributed by atoms with Crippen LogP contribution in [0.5, 0.6) is 5.75 Å². The molecule has 0 aromatic heterocycles. The zero-order valence-corrected chi connectivity index (χ0v) is 40.6. The fourth-order valence-electron chi connectivity index (χ4n) is 11.1. The van der Waals surface area contributed by atoms with Crippen LogP contribution in [-0.4, -0.2) is 92.0 Å². The highest BCUT2D eigenvalue weighted by atomic mass is 16.6. The van der Waals surface area contributed by atoms with Crippen molar-refractivity contribution >= 4 is 46.9 Å². The number of anilines is 3. The van der Waals surface area contributed by atoms with Crippen LogP contribution in [0.15, 0.2) is 158 Å². The number of imide groups is 1. The molecule has 0 saturated carbocycles. The van der Waals surface area contributed by atoms with Crippen LogP contribution < -0.4 is 36.2 Å². The van der Waals surface area contributed by atoms with Crippen molar-refractivity contribution in [3.05, 3.63) is 191 Å². The maximum absolute atomic E-state index is 16.8. The third-order valence-corrected chi connectivity index (χ3v) is 14.2. The van der Waals surface area contributed by atoms with E-state index in [1.54, 1.807) is 48.5 Å². The van der Waals surface area contributed by atoms with Crippen molar-refractivity contribution in [1.29, 1.82) is 0 Å². The monoisotopic (exact) mass is 993 g/mol. The summed E-state index contributed by atoms with van der Waals surface area (Å²) in [6, 6.07) is 41.8. The Balaban J connectivity index is 1.23. The molecule has 2 unspecified atom stereocenters. The Morgan fingerprint density at radius 2 is 1.49 bits per heavy atom. The lowest BCUT2D eigenvalue weighted by Gasteiger charge is -2.46. The van der Waals surface area contributed by atoms with Crippen LogP contribution in [0.1, 0.15) is 64.5 Å². The van der Waals surface area contributed by atoms with Crippen LogP contribution in [0.25, 0.3) is 0 Å². The molecule has 6 N–H and O–H groups in total. The summed E-state index contributed by atoms with van der Waals surface area (Å²) in [5.74, 6) is 2.53. The van der Waals surface area contributed by atoms with Crippen molar-refractivity contribution in [2.24, 2.45) is 11.7 Å². The second-order valence-electron chi connectivity index (χ2n) is 18.5. The number of carbonyl (C=O) groups excluding carboxylic acids is 5. The summed E-state index contributed by atoms with van der Waals surface area (Å²) in [4.78, 5) is 80.6. The van der Waals surface area contributed by atoms with Crippen molar-refractivity contribution in [1.82, 2.24) is 15.5 Å². The molecule has 4 aliphatic rings. The number of nitrogens with two attached hydrogens (primary N) is 1. The lowest BCUT2D eigenvalue weighted by Crippen LogP contribution is -2.55. The van der Waals surface area contributed by atoms with Crippen molar-refractivity contribution in [2.75, 3.05) is 61.2 Å². The maximum atomic E-state index is 16.8. The molecule has 6 aromatic carbocycles. The van der Waals surface area contributed by atoms with E-state index in [1.165, 1.54) is 0 Å². The number of nitrogens with zero attached hydrogens (tertiary/aromatic N) is 3. The van der Waals surface area contributed by atoms with E-state index in [2.05, 4.69) is 32.7 Å². The molecule has 3 fully saturated rings. The molecular weight excluding hydrogens is 939 g/mol. The number of ether oxygens (including phenoxy) is 3. The Morgan fingerprint density at radius 1 is 0.811 bits per heavy atom. The minimum absolute atomic E-state index is 0.0437. The number of primary amides is 1. The van der Waals surface area contributed by atoms with E-state index in [1.807, 2.05) is 121 Å². The van der Waals surface area contributed by atoms with Crippen LogP contribution in [-0.2, 0) is 29.3 Å². The largest absolute Gasteiger partial charge is 0.491 e. The minimum atomic E-state index is -2.11. The first kappa shape index (κ1) is 49.1. The van der Waals surface area contributed by atoms with Crippen LogP contribution in [0, 0.1) is 17.8 Å². The number of nitrogens with one attached hydrogen (secondary N) is 3. The smallest absolute Gasteiger partial charge is 0.329 e. The molecular formula is C58H55N7O9. The molecule has 4 aliphatic heterocycles. The minimum Gasteiger partial charge on any atom is -0.491 e. The van der Waals surface area contributed by atoms with Gasteiger partial charge in [-0.2, -0.15) is 0 Å². The van der Waals surface area contributed by atoms with E-state index in [4.69, 9.17) is 19.9 Å². The van der Waals surface area contributed by atoms with Gasteiger partial charge in [0.2, 0.25) is 11.8 Å². The fourth-order valence-corrected chi connectivity index (χ4v) is 11.1. The van der Waals surface area contributed by atoms with E-state index in [0.29, 0.717) is 54.4 Å². The van der Waals surface area contributed by atoms with Gasteiger partial charge in [-0.3, -0.25) is 19.3 Å². The van der Waals surface area contributed by atoms with Gasteiger partial charge in [0.25, 0.3) is 0 Å². The van der Waals surface area contributed by atoms with Crippen molar-refractivity contribution in [3.63, 3.8) is 0 Å². The molecule has 16 heteroatoms. The Morgan fingerprint density at radius 3 is 2.18 bits per heavy atom. The summed E-state index contributed by atoms with van der Waals surface area (Å²) in [7, 11) is 0. The number of urea groups is 2. The van der Waals surface area contributed by atoms with Gasteiger partial charge >= 0.3 is 18.0 Å². The number of esters is 1. The average molecular weight is 994 g/mol. The molecule has 6 amide bonds. The Hall–Kier alpha value is -8.49. The molecule has 74 heavy (non-hydrogen) atoms. The molecule has 1 spiro atoms. The molecule has 376 valence electrons. The first-order chi connectivity index (χ1) is 36.1. The maximum Gasteiger partial charge on any atom is 0.329 e. The fraction of sp³-hybridized carbons (Fsp3) is 0.259. The molecule has 7 atom stereocenters. The van der Waals surface area contributed by atoms with Gasteiger partial charge in [-0.05, 0) is 89.3 Å². The molecule has 6 aromatic rings. The molecule has 0 radical (unpaired) electrons. The molecule has 0 aliphatic carbocycles. The van der Waals surface area contributed by atoms with Crippen LogP contribution in [0.3, 0.4) is 0 Å². The number of hydrogen-bond acceptors (Lipinski definition) is 11. The van der Waals surface area contributed by atoms with Gasteiger partial charge in [0.1, 0.15) is 29.9 Å². The van der Waals surface area contributed by atoms with Gasteiger partial charge in [-0.15, -0.1) is 0 Å². The second-order valence-corrected chi connectivity index (χ2v) is 18.5. The predicted molar refractivity (Wildman–Crippen MR) is 277 cm³/mol. The summed E-state index contributed by atoms with van der Waals surface area (Å²) in [5.41, 5.74) is 8.04. The van der Waals surface area contributed by atoms with Crippen LogP contribution in [0.4, 0.5) is 26.7 Å². The molecule has 4 heterocycles. The Bertz CT molecular complexity index is 3110. The number of aliphatic hydroxyl groups excluding tert-OH is 1. The van der Waals surface area contributed by atoms with Crippen molar-refractivity contribution in [2.45, 2.75) is 42.6 Å². The third kappa shape index (κ3) is 9.28. The number of amides is 6. The lowest BCUT2D eigenvalue weighted by molar-refractivity contribution is -0.177. The van der Waals surface area contributed by atoms with Crippen LogP contribution in [0.2, 0.25) is 0 Å². The SMILES string of the molecule is C[C@@H](NC(=O)N1C(=O)C2(c3cc(C#CCNC(N)=O)ccc31)[C@H](c1cccc(OCCO)c1)N1C(C(=O)O[C@@H](c3ccccc3)[C@H]1c1ccccc1)[C@@H]2C(=O)Nc1ccc(N2CCOCC2)cc1)c1ccccc1. The van der Waals surface area contributed by atoms with Gasteiger partial charge in [-0.25, -0.2) is 14.5 Å². The average Bonchev–Trinajstić information content (AvgIpc) is 3.95. The Kier molecular flexibility index (Phi) is 14.1. The number of hydrogen-bond donors (Lipinski definition) is 5. The number of aliphatic hydroxyl groups is 1. The number of carbonyl (C=O) groups is 5. The molecule has 16 nitrogen and oxygen atoms in total. The number of fused-ring (bicyclic) bond motifs is 3. The van der Waals surface area contributed by atoms with Gasteiger partial charge in [0.05, 0.1) is 56.1 Å². The number of cyclic esters (lactones) is 1. The third-order valence-electron chi connectivity index (χ3n) is 14.2. The van der Waals surface area contributed by atoms with Gasteiger partial charge in [0.15, 0.2) is 0 Å². The summed E-state index contributed by atoms with van der Waals surface area (Å²) >= 11 is 0. The van der Waals surface area contributed by atoms with Gasteiger partial charge < -0.3 is 45.9 Å². The topological polar surface area (TPSA) is 205 Å². The number of benzene rings is 6. The van der Waals surface area contributed by atoms with Crippen molar-refractivity contribution in [3.8, 4) is 17.6 Å². The lowest BCUT2D eigenvalue weighted by atomic mass is 9.65. The predicted octanol–water partition coefficient (Wildman–Crippen LogP) is 6.69. The van der Waals surface area contributed by atoms with Gasteiger partial charge in [0, 0.05) is 30.0 Å². The van der Waals surface area contributed by atoms with E-state index >= 15 is 19.2 Å². The van der Waals surface area contributed by atoms with Crippen LogP contribution >= 0.6 is 0 Å². The van der Waals surface area contributed by atoms with E-state index in [0.717, 1.165) is 21.7 Å². The molecule has 10 rings (SSSR count). The Labute approximate surface area is 428 Å². The first-order valence-electron chi connectivity index (χ1n) is 24.6. The second kappa shape index (κ2) is 21.3. The molecule has 0 bridgehead atoms. The zero-order chi connectivity index (χ0) is 51.3. The summed E-state index contributed by atoms with van der Waals surface area (Å²) in [6.07, 6.45) is -0.956. The highest BCUT2D eigenvalue weighted by Crippen LogP contribution is 2.66. The summed E-state index contributed by atoms with van der Waals surface area (Å²) < 4.78 is 18.3. The number of rotatable bonds is 12. The summed E-state index contributed by atoms with van der Waals surface area (Å²) in [6.45, 7) is 3.94. The van der Waals surface area contributed by atoms with Gasteiger partial charge in [-0.1, -0.05) is 115 Å². The first-order valence-corrected chi connectivity index (χ1v) is 24.6. The highest BCUT2D eigenvalue weighted by Gasteiger charge is 2.75. The van der Waals surface area contributed by atoms with E-state index in [-0.39, 0.29) is 31.0 Å². The normalized spacial score (nSPS) is 22.4. The number of morpholine rings is 2. The van der Waals surface area contributed by atoms with E-state index in [9.17, 15) is 9.90 Å². The molecule has 3 saturated heterocycles. The standard InChI is InChI=1S/C58H55N7O9/c1-37(39-14-5-2-6-15-39)61-57(71)64-47-27-22-38(13-12-28-60-56(59)70)35-46(47)58(55(64)69)48(53(67)62-43-23-25-44(26-24-43)63-29-32-72-33-30-63)50-54(68)74-51(41-18-9-4-10-19-41)49(40-16-7-3-8-17-40)65(50)52(58)42-20-11-21-45(36-42)73-34-31-66/h2-11,14-27,35-37,48-52,66H,28-34H2,1H3,(H,61,71)(H,62,67)(H3,59,60,70)/t37-,48-,49-,50?,51+,52+,58?/m1/s1. The highest BCUT2D eigenvalue weighted by molar-refractivity contribution is 6.25. The quantitative estimate of drug-likeness (QED) is 0.0646. The van der Waals surface area contributed by atoms with Crippen molar-refractivity contribution < 1.29 is 43.3 Å². The summed E-state index contributed by atoms with van der Waals surface area (Å²) in [5, 5.41) is 18.5. The zero-order valence-electron chi connectivity index (χ0n) is 40.6. The van der Waals surface area contributed by atoms with E-state index < -0.39 is 71.5 Å².